The minimum Gasteiger partial charge on any atom is -0.878 e. The zero-order chi connectivity index (χ0) is 26.9. The van der Waals surface area contributed by atoms with Gasteiger partial charge in [0, 0.05) is 44.2 Å². The van der Waals surface area contributed by atoms with Crippen LogP contribution in [-0.4, -0.2) is 74.0 Å². The Morgan fingerprint density at radius 1 is 1.03 bits per heavy atom. The van der Waals surface area contributed by atoms with Gasteiger partial charge in [-0.25, -0.2) is 19.2 Å². The summed E-state index contributed by atoms with van der Waals surface area (Å²) in [4.78, 5) is 62.6. The minimum atomic E-state index is -0.683. The van der Waals surface area contributed by atoms with E-state index in [0.29, 0.717) is 63.9 Å². The average Bonchev–Trinajstić information content (AvgIpc) is 3.58. The third-order valence-corrected chi connectivity index (χ3v) is 4.65. The van der Waals surface area contributed by atoms with Crippen LogP contribution in [-0.2, 0) is 33.4 Å². The number of esters is 3. The summed E-state index contributed by atoms with van der Waals surface area (Å²) >= 11 is 0. The number of rotatable bonds is 3. The Morgan fingerprint density at radius 3 is 2.00 bits per heavy atom. The van der Waals surface area contributed by atoms with Gasteiger partial charge in [-0.05, 0) is 12.8 Å². The van der Waals surface area contributed by atoms with Gasteiger partial charge in [-0.3, -0.25) is 14.9 Å². The van der Waals surface area contributed by atoms with Crippen LogP contribution in [0.3, 0.4) is 0 Å². The number of urea groups is 2. The molecule has 4 aliphatic heterocycles. The Labute approximate surface area is 234 Å². The van der Waals surface area contributed by atoms with Crippen LogP contribution in [0.2, 0.25) is 0 Å². The number of cyclic esters (lactones) is 3. The molecule has 0 saturated carbocycles. The van der Waals surface area contributed by atoms with Gasteiger partial charge in [0.1, 0.15) is 0 Å². The van der Waals surface area contributed by atoms with Gasteiger partial charge in [0.05, 0.1) is 31.3 Å². The number of ether oxygens (including phenoxy) is 3. The smallest absolute Gasteiger partial charge is 0.878 e. The van der Waals surface area contributed by atoms with Gasteiger partial charge in [-0.2, -0.15) is 0 Å². The van der Waals surface area contributed by atoms with Gasteiger partial charge in [-0.1, -0.05) is 0 Å². The van der Waals surface area contributed by atoms with Crippen molar-refractivity contribution in [3.63, 3.8) is 0 Å². The third-order valence-electron chi connectivity index (χ3n) is 4.65. The maximum Gasteiger partial charge on any atom is 1.00 e. The van der Waals surface area contributed by atoms with E-state index in [-0.39, 0.29) is 59.5 Å². The van der Waals surface area contributed by atoms with Gasteiger partial charge in [0.15, 0.2) is 0 Å². The van der Waals surface area contributed by atoms with Gasteiger partial charge in [-0.15, -0.1) is 6.26 Å². The quantitative estimate of drug-likeness (QED) is 0.0751. The first kappa shape index (κ1) is 33.9. The zero-order valence-electron chi connectivity index (χ0n) is 20.4. The molecule has 0 aliphatic carbocycles. The summed E-state index contributed by atoms with van der Waals surface area (Å²) in [6, 6.07) is -1.14. The van der Waals surface area contributed by atoms with Crippen molar-refractivity contribution in [3.05, 3.63) is 23.6 Å². The number of aliphatic hydroxyl groups excluding tert-OH is 1. The first-order valence-corrected chi connectivity index (χ1v) is 10.9. The monoisotopic (exact) mass is 536 g/mol. The van der Waals surface area contributed by atoms with Crippen LogP contribution >= 0.6 is 0 Å². The Hall–Kier alpha value is -3.14. The average molecular weight is 536 g/mol. The second-order valence-corrected chi connectivity index (χ2v) is 7.33. The van der Waals surface area contributed by atoms with E-state index in [9.17, 15) is 33.9 Å². The predicted molar refractivity (Wildman–Crippen MR) is 117 cm³/mol. The van der Waals surface area contributed by atoms with Crippen molar-refractivity contribution in [2.75, 3.05) is 33.0 Å². The van der Waals surface area contributed by atoms with Crippen LogP contribution in [0, 0.1) is 5.92 Å². The summed E-state index contributed by atoms with van der Waals surface area (Å²) in [6.45, 7) is 1.68. The fraction of sp³-hybridized carbons (Fsp3) is 0.524. The SMILES string of the molecule is NC(=O)N/C=C1/CCOC1=O.O=C1CCCO1.O=C1NCC(CCO)C(=O)N1.O=C1OCC/C1=C/[O-].[Na+]. The molecule has 0 spiro atoms. The number of primary amides is 1. The van der Waals surface area contributed by atoms with Gasteiger partial charge >= 0.3 is 59.5 Å². The van der Waals surface area contributed by atoms with Crippen LogP contribution < -0.4 is 56.3 Å². The van der Waals surface area contributed by atoms with Gasteiger partial charge < -0.3 is 40.8 Å². The molecule has 4 aliphatic rings. The summed E-state index contributed by atoms with van der Waals surface area (Å²) in [7, 11) is 0. The number of nitrogens with one attached hydrogen (secondary N) is 3. The minimum absolute atomic E-state index is 0. The summed E-state index contributed by atoms with van der Waals surface area (Å²) in [6.07, 6.45) is 4.76. The topological polar surface area (TPSA) is 236 Å². The molecule has 0 aromatic carbocycles. The molecule has 0 bridgehead atoms. The summed E-state index contributed by atoms with van der Waals surface area (Å²) in [5.74, 6) is -1.48. The molecule has 1 unspecified atom stereocenters. The second kappa shape index (κ2) is 19.0. The molecular formula is C21H29N4NaO11. The van der Waals surface area contributed by atoms with Crippen LogP contribution in [0.15, 0.2) is 23.6 Å². The van der Waals surface area contributed by atoms with E-state index >= 15 is 0 Å². The number of hydrogen-bond acceptors (Lipinski definition) is 11. The molecule has 6 N–H and O–H groups in total. The Balaban J connectivity index is 0.000000474. The summed E-state index contributed by atoms with van der Waals surface area (Å²) < 4.78 is 13.6. The standard InChI is InChI=1S/C6H8N2O3.C6H10N2O3.C5H6O3.C4H6O2.Na/c7-6(10)8-3-4-1-2-11-5(4)9;9-2-1-4-3-7-6(11)8-5(4)10;6-3-4-1-2-8-5(4)7;5-4-2-1-3-6-4;/h3H,1-2H2,(H3,7,8,10);4,9H,1-3H2,(H2,7,8,10,11);3,6H,1-2H2;1-3H2;/q;;;;+1/p-1/b4-3-;;4-3-;;. The van der Waals surface area contributed by atoms with Gasteiger partial charge in [0.2, 0.25) is 5.91 Å². The maximum absolute atomic E-state index is 10.9. The number of aliphatic hydroxyl groups is 1. The predicted octanol–water partition coefficient (Wildman–Crippen LogP) is -5.19. The summed E-state index contributed by atoms with van der Waals surface area (Å²) in [5, 5.41) is 25.2. The fourth-order valence-corrected chi connectivity index (χ4v) is 2.72. The first-order chi connectivity index (χ1) is 17.2. The molecule has 16 heteroatoms. The molecule has 4 fully saturated rings. The van der Waals surface area contributed by atoms with Crippen LogP contribution in [0.5, 0.6) is 0 Å². The zero-order valence-corrected chi connectivity index (χ0v) is 22.4. The van der Waals surface area contributed by atoms with Crippen molar-refractivity contribution in [2.24, 2.45) is 11.7 Å². The number of amides is 5. The Morgan fingerprint density at radius 2 is 1.65 bits per heavy atom. The van der Waals surface area contributed by atoms with E-state index in [1.165, 1.54) is 6.20 Å². The number of hydrogen-bond donors (Lipinski definition) is 5. The summed E-state index contributed by atoms with van der Waals surface area (Å²) in [5.41, 5.74) is 5.47. The van der Waals surface area contributed by atoms with Crippen molar-refractivity contribution in [1.82, 2.24) is 16.0 Å². The third kappa shape index (κ3) is 14.3. The molecule has 0 aromatic heterocycles. The van der Waals surface area contributed by atoms with Crippen LogP contribution in [0.1, 0.15) is 32.1 Å². The van der Waals surface area contributed by atoms with E-state index in [1.54, 1.807) is 0 Å². The van der Waals surface area contributed by atoms with Crippen molar-refractivity contribution < 1.29 is 82.7 Å². The van der Waals surface area contributed by atoms with E-state index in [1.807, 2.05) is 0 Å². The molecule has 5 amide bonds. The van der Waals surface area contributed by atoms with Crippen molar-refractivity contribution in [2.45, 2.75) is 32.1 Å². The molecular weight excluding hydrogens is 507 g/mol. The number of imide groups is 1. The van der Waals surface area contributed by atoms with Gasteiger partial charge in [0.25, 0.3) is 0 Å². The Bertz CT molecular complexity index is 884. The molecule has 0 radical (unpaired) electrons. The van der Waals surface area contributed by atoms with Crippen molar-refractivity contribution in [3.8, 4) is 0 Å². The van der Waals surface area contributed by atoms with E-state index in [2.05, 4.69) is 30.2 Å². The normalized spacial score (nSPS) is 21.8. The van der Waals surface area contributed by atoms with Crippen molar-refractivity contribution in [1.29, 1.82) is 0 Å². The number of nitrogens with two attached hydrogens (primary N) is 1. The van der Waals surface area contributed by atoms with Crippen LogP contribution in [0.4, 0.5) is 9.59 Å². The first-order valence-electron chi connectivity index (χ1n) is 10.9. The van der Waals surface area contributed by atoms with E-state index < -0.39 is 24.0 Å². The van der Waals surface area contributed by atoms with E-state index in [0.717, 1.165) is 6.42 Å². The van der Waals surface area contributed by atoms with E-state index in [4.69, 9.17) is 10.8 Å². The second-order valence-electron chi connectivity index (χ2n) is 7.33. The Kier molecular flexibility index (Phi) is 17.4. The molecule has 4 rings (SSSR count). The van der Waals surface area contributed by atoms with Crippen molar-refractivity contribution >= 4 is 35.9 Å². The largest absolute Gasteiger partial charge is 1.00 e. The molecule has 4 saturated heterocycles. The maximum atomic E-state index is 10.9. The van der Waals surface area contributed by atoms with Crippen LogP contribution in [0.25, 0.3) is 0 Å². The molecule has 4 heterocycles. The molecule has 37 heavy (non-hydrogen) atoms. The number of carbonyl (C=O) groups is 6. The molecule has 15 nitrogen and oxygen atoms in total. The molecule has 200 valence electrons. The molecule has 1 atom stereocenters. The fourth-order valence-electron chi connectivity index (χ4n) is 2.72. The number of carbonyl (C=O) groups excluding carboxylic acids is 6. The molecule has 0 aromatic rings.